The predicted molar refractivity (Wildman–Crippen MR) is 78.9 cm³/mol. The molecule has 1 aliphatic heterocycles. The number of anilines is 1. The van der Waals surface area contributed by atoms with E-state index in [1.807, 2.05) is 12.1 Å². The summed E-state index contributed by atoms with van der Waals surface area (Å²) in [5, 5.41) is 4.70. The second kappa shape index (κ2) is 6.62. The van der Waals surface area contributed by atoms with Crippen LogP contribution >= 0.6 is 23.2 Å². The molecule has 1 heterocycles. The Morgan fingerprint density at radius 2 is 1.67 bits per heavy atom. The maximum absolute atomic E-state index is 5.95. The molecule has 0 saturated carbocycles. The SMILES string of the molecule is CN1CCN(CCNc2cc(Cl)cc(Cl)c2)CC1. The van der Waals surface area contributed by atoms with Crippen molar-refractivity contribution in [1.82, 2.24) is 9.80 Å². The predicted octanol–water partition coefficient (Wildman–Crippen LogP) is 2.65. The molecular formula is C13H19Cl2N3. The number of halogens is 2. The van der Waals surface area contributed by atoms with Crippen LogP contribution in [-0.2, 0) is 0 Å². The third kappa shape index (κ3) is 4.32. The molecule has 100 valence electrons. The largest absolute Gasteiger partial charge is 0.384 e. The van der Waals surface area contributed by atoms with Crippen molar-refractivity contribution >= 4 is 28.9 Å². The lowest BCUT2D eigenvalue weighted by atomic mass is 10.3. The van der Waals surface area contributed by atoms with E-state index in [1.54, 1.807) is 6.07 Å². The minimum absolute atomic E-state index is 0.671. The number of likely N-dealkylation sites (N-methyl/N-ethyl adjacent to an activating group) is 1. The van der Waals surface area contributed by atoms with Crippen LogP contribution in [-0.4, -0.2) is 56.1 Å². The van der Waals surface area contributed by atoms with Gasteiger partial charge in [0.25, 0.3) is 0 Å². The fourth-order valence-corrected chi connectivity index (χ4v) is 2.61. The van der Waals surface area contributed by atoms with E-state index in [4.69, 9.17) is 23.2 Å². The van der Waals surface area contributed by atoms with Crippen LogP contribution in [0, 0.1) is 0 Å². The fraction of sp³-hybridized carbons (Fsp3) is 0.538. The number of nitrogens with one attached hydrogen (secondary N) is 1. The molecule has 1 N–H and O–H groups in total. The van der Waals surface area contributed by atoms with Gasteiger partial charge in [-0.05, 0) is 25.2 Å². The molecule has 0 aromatic heterocycles. The van der Waals surface area contributed by atoms with Crippen molar-refractivity contribution in [3.63, 3.8) is 0 Å². The smallest absolute Gasteiger partial charge is 0.0441 e. The summed E-state index contributed by atoms with van der Waals surface area (Å²) in [6, 6.07) is 5.55. The molecule has 0 amide bonds. The Bertz CT molecular complexity index is 370. The summed E-state index contributed by atoms with van der Waals surface area (Å²) < 4.78 is 0. The molecule has 2 rings (SSSR count). The van der Waals surface area contributed by atoms with Gasteiger partial charge in [0.2, 0.25) is 0 Å². The van der Waals surface area contributed by atoms with E-state index in [0.717, 1.165) is 45.0 Å². The van der Waals surface area contributed by atoms with Crippen LogP contribution in [0.2, 0.25) is 10.0 Å². The lowest BCUT2D eigenvalue weighted by Gasteiger charge is -2.32. The average molecular weight is 288 g/mol. The van der Waals surface area contributed by atoms with Crippen LogP contribution in [0.4, 0.5) is 5.69 Å². The Labute approximate surface area is 119 Å². The van der Waals surface area contributed by atoms with Gasteiger partial charge in [0.15, 0.2) is 0 Å². The molecule has 0 radical (unpaired) electrons. The second-order valence-electron chi connectivity index (χ2n) is 4.73. The van der Waals surface area contributed by atoms with Crippen LogP contribution in [0.3, 0.4) is 0 Å². The maximum atomic E-state index is 5.95. The molecule has 5 heteroatoms. The summed E-state index contributed by atoms with van der Waals surface area (Å²) in [6.45, 7) is 6.58. The molecule has 0 aliphatic carbocycles. The summed E-state index contributed by atoms with van der Waals surface area (Å²) >= 11 is 11.9. The maximum Gasteiger partial charge on any atom is 0.0441 e. The molecule has 1 aromatic rings. The van der Waals surface area contributed by atoms with Crippen LogP contribution in [0.1, 0.15) is 0 Å². The van der Waals surface area contributed by atoms with Gasteiger partial charge in [0.1, 0.15) is 0 Å². The highest BCUT2D eigenvalue weighted by molar-refractivity contribution is 6.35. The molecule has 1 aromatic carbocycles. The second-order valence-corrected chi connectivity index (χ2v) is 5.60. The number of hydrogen-bond acceptors (Lipinski definition) is 3. The number of hydrogen-bond donors (Lipinski definition) is 1. The topological polar surface area (TPSA) is 18.5 Å². The molecule has 1 fully saturated rings. The zero-order valence-corrected chi connectivity index (χ0v) is 12.1. The number of benzene rings is 1. The highest BCUT2D eigenvalue weighted by atomic mass is 35.5. The van der Waals surface area contributed by atoms with Crippen molar-refractivity contribution < 1.29 is 0 Å². The monoisotopic (exact) mass is 287 g/mol. The van der Waals surface area contributed by atoms with Crippen molar-refractivity contribution in [3.05, 3.63) is 28.2 Å². The van der Waals surface area contributed by atoms with E-state index < -0.39 is 0 Å². The Morgan fingerprint density at radius 3 is 2.28 bits per heavy atom. The zero-order chi connectivity index (χ0) is 13.0. The van der Waals surface area contributed by atoms with E-state index in [1.165, 1.54) is 0 Å². The molecule has 0 spiro atoms. The lowest BCUT2D eigenvalue weighted by molar-refractivity contribution is 0.158. The average Bonchev–Trinajstić information content (AvgIpc) is 2.30. The van der Waals surface area contributed by atoms with E-state index in [0.29, 0.717) is 10.0 Å². The highest BCUT2D eigenvalue weighted by Crippen LogP contribution is 2.22. The Morgan fingerprint density at radius 1 is 1.06 bits per heavy atom. The van der Waals surface area contributed by atoms with Gasteiger partial charge in [0, 0.05) is 55.0 Å². The molecule has 0 atom stereocenters. The van der Waals surface area contributed by atoms with Crippen LogP contribution in [0.5, 0.6) is 0 Å². The first-order valence-electron chi connectivity index (χ1n) is 6.24. The molecule has 0 bridgehead atoms. The molecular weight excluding hydrogens is 269 g/mol. The van der Waals surface area contributed by atoms with E-state index in [2.05, 4.69) is 22.2 Å². The quantitative estimate of drug-likeness (QED) is 0.919. The van der Waals surface area contributed by atoms with Crippen LogP contribution < -0.4 is 5.32 Å². The number of nitrogens with zero attached hydrogens (tertiary/aromatic N) is 2. The van der Waals surface area contributed by atoms with Gasteiger partial charge in [-0.1, -0.05) is 23.2 Å². The minimum atomic E-state index is 0.671. The summed E-state index contributed by atoms with van der Waals surface area (Å²) in [5.74, 6) is 0. The minimum Gasteiger partial charge on any atom is -0.384 e. The van der Waals surface area contributed by atoms with Crippen LogP contribution in [0.15, 0.2) is 18.2 Å². The highest BCUT2D eigenvalue weighted by Gasteiger charge is 2.12. The van der Waals surface area contributed by atoms with Crippen molar-refractivity contribution in [2.75, 3.05) is 51.6 Å². The summed E-state index contributed by atoms with van der Waals surface area (Å²) in [6.07, 6.45) is 0. The summed E-state index contributed by atoms with van der Waals surface area (Å²) in [7, 11) is 2.17. The Balaban J connectivity index is 1.74. The Kier molecular flexibility index (Phi) is 5.13. The van der Waals surface area contributed by atoms with Crippen molar-refractivity contribution in [2.45, 2.75) is 0 Å². The first-order valence-corrected chi connectivity index (χ1v) is 7.00. The van der Waals surface area contributed by atoms with Gasteiger partial charge < -0.3 is 10.2 Å². The normalized spacial score (nSPS) is 17.9. The zero-order valence-electron chi connectivity index (χ0n) is 10.6. The molecule has 18 heavy (non-hydrogen) atoms. The molecule has 1 aliphatic rings. The standard InChI is InChI=1S/C13H19Cl2N3/c1-17-4-6-18(7-5-17)3-2-16-13-9-11(14)8-12(15)10-13/h8-10,16H,2-7H2,1H3. The van der Waals surface area contributed by atoms with Gasteiger partial charge in [0.05, 0.1) is 0 Å². The van der Waals surface area contributed by atoms with E-state index in [9.17, 15) is 0 Å². The van der Waals surface area contributed by atoms with Crippen molar-refractivity contribution in [2.24, 2.45) is 0 Å². The third-order valence-corrected chi connectivity index (χ3v) is 3.65. The van der Waals surface area contributed by atoms with E-state index in [-0.39, 0.29) is 0 Å². The molecule has 1 saturated heterocycles. The van der Waals surface area contributed by atoms with Crippen LogP contribution in [0.25, 0.3) is 0 Å². The van der Waals surface area contributed by atoms with Gasteiger partial charge >= 0.3 is 0 Å². The van der Waals surface area contributed by atoms with Crippen molar-refractivity contribution in [1.29, 1.82) is 0 Å². The number of rotatable bonds is 4. The lowest BCUT2D eigenvalue weighted by Crippen LogP contribution is -2.45. The molecule has 3 nitrogen and oxygen atoms in total. The molecule has 0 unspecified atom stereocenters. The van der Waals surface area contributed by atoms with Gasteiger partial charge in [-0.25, -0.2) is 0 Å². The summed E-state index contributed by atoms with van der Waals surface area (Å²) in [5.41, 5.74) is 0.988. The van der Waals surface area contributed by atoms with Gasteiger partial charge in [-0.2, -0.15) is 0 Å². The van der Waals surface area contributed by atoms with Crippen molar-refractivity contribution in [3.8, 4) is 0 Å². The number of piperazine rings is 1. The first-order chi connectivity index (χ1) is 8.63. The van der Waals surface area contributed by atoms with Gasteiger partial charge in [-0.15, -0.1) is 0 Å². The fourth-order valence-electron chi connectivity index (χ4n) is 2.09. The van der Waals surface area contributed by atoms with Gasteiger partial charge in [-0.3, -0.25) is 4.90 Å². The van der Waals surface area contributed by atoms with E-state index >= 15 is 0 Å². The Hall–Kier alpha value is -0.480. The summed E-state index contributed by atoms with van der Waals surface area (Å²) in [4.78, 5) is 4.83. The third-order valence-electron chi connectivity index (χ3n) is 3.22. The first kappa shape index (κ1) is 13.9.